The number of carbonyl (C=O) groups is 1. The Morgan fingerprint density at radius 1 is 1.09 bits per heavy atom. The van der Waals surface area contributed by atoms with Gasteiger partial charge in [0.05, 0.1) is 5.70 Å². The number of carboxylic acids is 1. The van der Waals surface area contributed by atoms with Crippen molar-refractivity contribution in [1.82, 2.24) is 9.80 Å². The highest BCUT2D eigenvalue weighted by molar-refractivity contribution is 5.99. The SMILES string of the molecule is Cc1cc(C)cc(CN2C=CN3C(c4ccccc4)=CC(N)=NC23)c1.O=C(O)C(F)(F)F. The fraction of sp³-hybridized carbons (Fsp3) is 0.217. The molecule has 9 heteroatoms. The standard InChI is InChI=1S/C21H22N4.C2HF3O2/c1-15-10-16(2)12-17(11-15)14-24-8-9-25-19(13-20(22)23-21(24)25)18-6-4-3-5-7-18;3-2(4,5)1(6)7/h3-13,21H,14H2,1-2H3,(H2,22,23);(H,6,7). The van der Waals surface area contributed by atoms with Crippen LogP contribution >= 0.6 is 0 Å². The molecule has 6 nitrogen and oxygen atoms in total. The lowest BCUT2D eigenvalue weighted by Crippen LogP contribution is -2.40. The van der Waals surface area contributed by atoms with Gasteiger partial charge in [-0.05, 0) is 25.0 Å². The summed E-state index contributed by atoms with van der Waals surface area (Å²) in [4.78, 5) is 17.9. The average molecular weight is 444 g/mol. The number of benzene rings is 2. The van der Waals surface area contributed by atoms with Crippen LogP contribution in [0.2, 0.25) is 0 Å². The number of aliphatic carboxylic acids is 1. The van der Waals surface area contributed by atoms with Crippen molar-refractivity contribution < 1.29 is 23.1 Å². The van der Waals surface area contributed by atoms with E-state index in [1.165, 1.54) is 16.7 Å². The van der Waals surface area contributed by atoms with Gasteiger partial charge < -0.3 is 20.6 Å². The zero-order valence-corrected chi connectivity index (χ0v) is 17.5. The van der Waals surface area contributed by atoms with Crippen LogP contribution < -0.4 is 5.73 Å². The zero-order valence-electron chi connectivity index (χ0n) is 17.5. The van der Waals surface area contributed by atoms with Crippen molar-refractivity contribution in [1.29, 1.82) is 0 Å². The van der Waals surface area contributed by atoms with Gasteiger partial charge in [-0.1, -0.05) is 59.7 Å². The minimum Gasteiger partial charge on any atom is -0.475 e. The van der Waals surface area contributed by atoms with Gasteiger partial charge in [-0.3, -0.25) is 0 Å². The summed E-state index contributed by atoms with van der Waals surface area (Å²) < 4.78 is 31.7. The molecule has 2 aromatic rings. The van der Waals surface area contributed by atoms with Crippen LogP contribution in [0.25, 0.3) is 5.70 Å². The molecule has 2 aliphatic heterocycles. The van der Waals surface area contributed by atoms with E-state index in [2.05, 4.69) is 71.4 Å². The number of fused-ring (bicyclic) bond motifs is 1. The van der Waals surface area contributed by atoms with E-state index in [4.69, 9.17) is 15.6 Å². The highest BCUT2D eigenvalue weighted by Crippen LogP contribution is 2.32. The minimum absolute atomic E-state index is 0.124. The molecule has 2 heterocycles. The van der Waals surface area contributed by atoms with Gasteiger partial charge in [-0.2, -0.15) is 13.2 Å². The van der Waals surface area contributed by atoms with Gasteiger partial charge >= 0.3 is 12.1 Å². The molecule has 4 rings (SSSR count). The highest BCUT2D eigenvalue weighted by Gasteiger charge is 2.38. The first kappa shape index (κ1) is 22.9. The summed E-state index contributed by atoms with van der Waals surface area (Å²) in [6.45, 7) is 5.07. The van der Waals surface area contributed by atoms with Crippen LogP contribution in [-0.4, -0.2) is 39.2 Å². The molecule has 0 bridgehead atoms. The molecule has 0 spiro atoms. The van der Waals surface area contributed by atoms with E-state index in [1.54, 1.807) is 0 Å². The number of hydrogen-bond donors (Lipinski definition) is 2. The van der Waals surface area contributed by atoms with Gasteiger partial charge in [-0.15, -0.1) is 0 Å². The van der Waals surface area contributed by atoms with Crippen LogP contribution in [0.4, 0.5) is 13.2 Å². The molecular weight excluding hydrogens is 421 g/mol. The Kier molecular flexibility index (Phi) is 6.57. The molecule has 3 N–H and O–H groups in total. The molecule has 0 saturated carbocycles. The number of nitrogens with two attached hydrogens (primary N) is 1. The second-order valence-corrected chi connectivity index (χ2v) is 7.47. The summed E-state index contributed by atoms with van der Waals surface area (Å²) in [6, 6.07) is 17.0. The van der Waals surface area contributed by atoms with Gasteiger partial charge in [0.25, 0.3) is 0 Å². The molecule has 0 fully saturated rings. The Labute approximate surface area is 183 Å². The smallest absolute Gasteiger partial charge is 0.475 e. The number of aliphatic imine (C=N–C) groups is 1. The second-order valence-electron chi connectivity index (χ2n) is 7.47. The summed E-state index contributed by atoms with van der Waals surface area (Å²) in [5.74, 6) is -2.19. The van der Waals surface area contributed by atoms with E-state index in [1.807, 2.05) is 24.3 Å². The quantitative estimate of drug-likeness (QED) is 0.741. The van der Waals surface area contributed by atoms with E-state index in [-0.39, 0.29) is 6.29 Å². The molecular formula is C23H23F3N4O2. The van der Waals surface area contributed by atoms with Crippen molar-refractivity contribution in [2.24, 2.45) is 10.7 Å². The van der Waals surface area contributed by atoms with Gasteiger partial charge in [-0.25, -0.2) is 9.79 Å². The number of nitrogens with zero attached hydrogens (tertiary/aromatic N) is 3. The summed E-state index contributed by atoms with van der Waals surface area (Å²) in [5, 5.41) is 7.12. The third-order valence-corrected chi connectivity index (χ3v) is 4.75. The third-order valence-electron chi connectivity index (χ3n) is 4.75. The molecule has 32 heavy (non-hydrogen) atoms. The number of hydrogen-bond acceptors (Lipinski definition) is 5. The van der Waals surface area contributed by atoms with E-state index in [0.717, 1.165) is 17.8 Å². The van der Waals surface area contributed by atoms with Crippen LogP contribution in [0, 0.1) is 13.8 Å². The first-order valence-electron chi connectivity index (χ1n) is 9.74. The van der Waals surface area contributed by atoms with Crippen LogP contribution in [0.15, 0.2) is 72.0 Å². The summed E-state index contributed by atoms with van der Waals surface area (Å²) in [7, 11) is 0. The fourth-order valence-corrected chi connectivity index (χ4v) is 3.54. The van der Waals surface area contributed by atoms with Gasteiger partial charge in [0.2, 0.25) is 6.29 Å². The van der Waals surface area contributed by atoms with Crippen molar-refractivity contribution in [2.45, 2.75) is 32.9 Å². The minimum atomic E-state index is -5.08. The number of carboxylic acid groups (broad SMARTS) is 1. The molecule has 2 aliphatic rings. The van der Waals surface area contributed by atoms with Crippen LogP contribution in [0.1, 0.15) is 22.3 Å². The fourth-order valence-electron chi connectivity index (χ4n) is 3.54. The maximum absolute atomic E-state index is 10.6. The predicted octanol–water partition coefficient (Wildman–Crippen LogP) is 4.22. The van der Waals surface area contributed by atoms with Gasteiger partial charge in [0, 0.05) is 25.0 Å². The number of halogens is 3. The number of rotatable bonds is 3. The lowest BCUT2D eigenvalue weighted by molar-refractivity contribution is -0.192. The zero-order chi connectivity index (χ0) is 23.5. The summed E-state index contributed by atoms with van der Waals surface area (Å²) >= 11 is 0. The lowest BCUT2D eigenvalue weighted by atomic mass is 10.1. The van der Waals surface area contributed by atoms with Crippen LogP contribution in [0.5, 0.6) is 0 Å². The first-order chi connectivity index (χ1) is 15.0. The molecule has 0 radical (unpaired) electrons. The largest absolute Gasteiger partial charge is 0.490 e. The molecule has 1 atom stereocenters. The molecule has 1 unspecified atom stereocenters. The normalized spacial score (nSPS) is 17.2. The van der Waals surface area contributed by atoms with E-state index in [0.29, 0.717) is 5.84 Å². The van der Waals surface area contributed by atoms with Crippen molar-refractivity contribution in [3.05, 3.63) is 89.3 Å². The van der Waals surface area contributed by atoms with Crippen molar-refractivity contribution in [2.75, 3.05) is 0 Å². The van der Waals surface area contributed by atoms with Crippen molar-refractivity contribution >= 4 is 17.5 Å². The Bertz CT molecular complexity index is 1060. The molecule has 2 aromatic carbocycles. The van der Waals surface area contributed by atoms with Gasteiger partial charge in [0.15, 0.2) is 0 Å². The monoisotopic (exact) mass is 444 g/mol. The molecule has 0 aliphatic carbocycles. The Morgan fingerprint density at radius 3 is 2.25 bits per heavy atom. The number of alkyl halides is 3. The number of aryl methyl sites for hydroxylation is 2. The van der Waals surface area contributed by atoms with E-state index < -0.39 is 12.1 Å². The van der Waals surface area contributed by atoms with Gasteiger partial charge in [0.1, 0.15) is 5.84 Å². The Hall–Kier alpha value is -3.75. The molecule has 0 amide bonds. The van der Waals surface area contributed by atoms with Crippen molar-refractivity contribution in [3.63, 3.8) is 0 Å². The Morgan fingerprint density at radius 2 is 1.69 bits per heavy atom. The average Bonchev–Trinajstić information content (AvgIpc) is 3.09. The number of amidine groups is 1. The molecule has 168 valence electrons. The molecule has 0 saturated heterocycles. The maximum atomic E-state index is 10.6. The first-order valence-corrected chi connectivity index (χ1v) is 9.74. The highest BCUT2D eigenvalue weighted by atomic mass is 19.4. The van der Waals surface area contributed by atoms with Crippen LogP contribution in [-0.2, 0) is 11.3 Å². The van der Waals surface area contributed by atoms with Crippen molar-refractivity contribution in [3.8, 4) is 0 Å². The predicted molar refractivity (Wildman–Crippen MR) is 116 cm³/mol. The second kappa shape index (κ2) is 9.17. The van der Waals surface area contributed by atoms with Crippen LogP contribution in [0.3, 0.4) is 0 Å². The summed E-state index contributed by atoms with van der Waals surface area (Å²) in [5.41, 5.74) is 12.2. The van der Waals surface area contributed by atoms with E-state index >= 15 is 0 Å². The lowest BCUT2D eigenvalue weighted by Gasteiger charge is -2.34. The maximum Gasteiger partial charge on any atom is 0.490 e. The Balaban J connectivity index is 0.000000360. The summed E-state index contributed by atoms with van der Waals surface area (Å²) in [6.07, 6.45) is 0.917. The topological polar surface area (TPSA) is 82.2 Å². The molecule has 0 aromatic heterocycles. The van der Waals surface area contributed by atoms with E-state index in [9.17, 15) is 13.2 Å². The third kappa shape index (κ3) is 5.48.